The average molecular weight is 239 g/mol. The Morgan fingerprint density at radius 1 is 1.62 bits per heavy atom. The highest BCUT2D eigenvalue weighted by Gasteiger charge is 2.20. The monoisotopic (exact) mass is 239 g/mol. The first-order valence-electron chi connectivity index (χ1n) is 6.04. The lowest BCUT2D eigenvalue weighted by molar-refractivity contribution is 0.321. The molecule has 0 aromatic carbocycles. The van der Waals surface area contributed by atoms with E-state index in [1.165, 1.54) is 25.8 Å². The van der Waals surface area contributed by atoms with Crippen molar-refractivity contribution < 1.29 is 0 Å². The van der Waals surface area contributed by atoms with E-state index in [1.807, 2.05) is 7.05 Å². The molecule has 1 aromatic rings. The summed E-state index contributed by atoms with van der Waals surface area (Å²) in [5.74, 6) is 0.902. The Morgan fingerprint density at radius 3 is 2.94 bits per heavy atom. The fourth-order valence-corrected chi connectivity index (χ4v) is 2.83. The van der Waals surface area contributed by atoms with Crippen LogP contribution in [0, 0.1) is 5.92 Å². The van der Waals surface area contributed by atoms with E-state index in [2.05, 4.69) is 34.6 Å². The predicted molar refractivity (Wildman–Crippen MR) is 70.2 cm³/mol. The summed E-state index contributed by atoms with van der Waals surface area (Å²) in [5.41, 5.74) is 1.16. The summed E-state index contributed by atoms with van der Waals surface area (Å²) in [6.45, 7) is 3.31. The second kappa shape index (κ2) is 5.15. The summed E-state index contributed by atoms with van der Waals surface area (Å²) >= 11 is 1.75. The Kier molecular flexibility index (Phi) is 3.82. The first-order valence-corrected chi connectivity index (χ1v) is 6.92. The van der Waals surface area contributed by atoms with Crippen LogP contribution >= 0.6 is 11.3 Å². The van der Waals surface area contributed by atoms with E-state index >= 15 is 0 Å². The van der Waals surface area contributed by atoms with Crippen LogP contribution in [0.1, 0.15) is 37.9 Å². The van der Waals surface area contributed by atoms with E-state index in [0.29, 0.717) is 6.04 Å². The molecule has 16 heavy (non-hydrogen) atoms. The van der Waals surface area contributed by atoms with E-state index in [9.17, 15) is 0 Å². The van der Waals surface area contributed by atoms with Crippen molar-refractivity contribution in [3.63, 3.8) is 0 Å². The third kappa shape index (κ3) is 2.55. The lowest BCUT2D eigenvalue weighted by atomic mass is 9.85. The van der Waals surface area contributed by atoms with Crippen LogP contribution in [0.3, 0.4) is 0 Å². The molecule has 3 nitrogen and oxygen atoms in total. The van der Waals surface area contributed by atoms with Crippen LogP contribution in [0.25, 0.3) is 0 Å². The molecule has 2 rings (SSSR count). The molecule has 0 spiro atoms. The molecule has 1 atom stereocenters. The van der Waals surface area contributed by atoms with Crippen LogP contribution in [0.4, 0.5) is 5.13 Å². The third-order valence-electron chi connectivity index (χ3n) is 3.47. The minimum atomic E-state index is 0.349. The first kappa shape index (κ1) is 11.9. The molecule has 1 aliphatic rings. The van der Waals surface area contributed by atoms with Gasteiger partial charge >= 0.3 is 0 Å². The van der Waals surface area contributed by atoms with Gasteiger partial charge in [0, 0.05) is 25.0 Å². The fraction of sp³-hybridized carbons (Fsp3) is 0.750. The van der Waals surface area contributed by atoms with Gasteiger partial charge in [0.25, 0.3) is 0 Å². The smallest absolute Gasteiger partial charge is 0.185 e. The van der Waals surface area contributed by atoms with Crippen molar-refractivity contribution >= 4 is 16.5 Å². The zero-order valence-corrected chi connectivity index (χ0v) is 11.2. The highest BCUT2D eigenvalue weighted by Crippen LogP contribution is 2.30. The van der Waals surface area contributed by atoms with Crippen LogP contribution in [0.5, 0.6) is 0 Å². The molecule has 0 saturated heterocycles. The van der Waals surface area contributed by atoms with Gasteiger partial charge in [-0.05, 0) is 32.7 Å². The summed E-state index contributed by atoms with van der Waals surface area (Å²) in [4.78, 5) is 6.98. The standard InChI is InChI=1S/C12H21N3S/c1-9(13-2)11-8-16-12(14-11)15(3)7-10-5-4-6-10/h8-10,13H,4-7H2,1-3H3. The number of hydrogen-bond acceptors (Lipinski definition) is 4. The van der Waals surface area contributed by atoms with Crippen molar-refractivity contribution in [3.8, 4) is 0 Å². The number of nitrogens with one attached hydrogen (secondary N) is 1. The van der Waals surface area contributed by atoms with Crippen LogP contribution < -0.4 is 10.2 Å². The van der Waals surface area contributed by atoms with Crippen LogP contribution in [-0.2, 0) is 0 Å². The minimum Gasteiger partial charge on any atom is -0.351 e. The summed E-state index contributed by atoms with van der Waals surface area (Å²) in [7, 11) is 4.13. The van der Waals surface area contributed by atoms with Gasteiger partial charge in [-0.2, -0.15) is 0 Å². The summed E-state index contributed by atoms with van der Waals surface area (Å²) < 4.78 is 0. The number of thiazole rings is 1. The van der Waals surface area contributed by atoms with Crippen molar-refractivity contribution in [2.75, 3.05) is 25.5 Å². The Balaban J connectivity index is 1.94. The van der Waals surface area contributed by atoms with Gasteiger partial charge in [-0.3, -0.25) is 0 Å². The molecule has 0 bridgehead atoms. The Hall–Kier alpha value is -0.610. The van der Waals surface area contributed by atoms with E-state index in [4.69, 9.17) is 0 Å². The van der Waals surface area contributed by atoms with Crippen molar-refractivity contribution in [1.82, 2.24) is 10.3 Å². The van der Waals surface area contributed by atoms with Crippen LogP contribution in [0.15, 0.2) is 5.38 Å². The van der Waals surface area contributed by atoms with Crippen molar-refractivity contribution in [2.24, 2.45) is 5.92 Å². The van der Waals surface area contributed by atoms with Gasteiger partial charge in [-0.25, -0.2) is 4.98 Å². The average Bonchev–Trinajstić information content (AvgIpc) is 2.71. The predicted octanol–water partition coefficient (Wildman–Crippen LogP) is 2.66. The molecule has 90 valence electrons. The third-order valence-corrected chi connectivity index (χ3v) is 4.44. The number of hydrogen-bond donors (Lipinski definition) is 1. The zero-order chi connectivity index (χ0) is 11.5. The zero-order valence-electron chi connectivity index (χ0n) is 10.4. The lowest BCUT2D eigenvalue weighted by Gasteiger charge is -2.29. The molecule has 1 aromatic heterocycles. The number of anilines is 1. The van der Waals surface area contributed by atoms with Gasteiger partial charge in [0.15, 0.2) is 5.13 Å². The number of nitrogens with zero attached hydrogens (tertiary/aromatic N) is 2. The normalized spacial score (nSPS) is 18.2. The molecular weight excluding hydrogens is 218 g/mol. The van der Waals surface area contributed by atoms with E-state index in [0.717, 1.165) is 16.7 Å². The molecule has 1 saturated carbocycles. The van der Waals surface area contributed by atoms with E-state index in [-0.39, 0.29) is 0 Å². The Labute approximate surface area is 102 Å². The molecule has 0 aliphatic heterocycles. The van der Waals surface area contributed by atoms with Gasteiger partial charge in [0.2, 0.25) is 0 Å². The largest absolute Gasteiger partial charge is 0.351 e. The van der Waals surface area contributed by atoms with Gasteiger partial charge in [-0.1, -0.05) is 6.42 Å². The molecule has 4 heteroatoms. The van der Waals surface area contributed by atoms with Crippen LogP contribution in [0.2, 0.25) is 0 Å². The number of rotatable bonds is 5. The van der Waals surface area contributed by atoms with Gasteiger partial charge in [-0.15, -0.1) is 11.3 Å². The van der Waals surface area contributed by atoms with Crippen molar-refractivity contribution in [3.05, 3.63) is 11.1 Å². The fourth-order valence-electron chi connectivity index (χ4n) is 1.94. The summed E-state index contributed by atoms with van der Waals surface area (Å²) in [6.07, 6.45) is 4.21. The van der Waals surface area contributed by atoms with Gasteiger partial charge in [0.05, 0.1) is 5.69 Å². The van der Waals surface area contributed by atoms with Crippen molar-refractivity contribution in [1.29, 1.82) is 0 Å². The van der Waals surface area contributed by atoms with Crippen molar-refractivity contribution in [2.45, 2.75) is 32.2 Å². The molecular formula is C12H21N3S. The summed E-state index contributed by atoms with van der Waals surface area (Å²) in [5, 5.41) is 6.54. The van der Waals surface area contributed by atoms with E-state index < -0.39 is 0 Å². The number of aromatic nitrogens is 1. The second-order valence-electron chi connectivity index (χ2n) is 4.74. The first-order chi connectivity index (χ1) is 7.70. The molecule has 1 heterocycles. The van der Waals surface area contributed by atoms with E-state index in [1.54, 1.807) is 11.3 Å². The molecule has 1 aliphatic carbocycles. The van der Waals surface area contributed by atoms with Crippen LogP contribution in [-0.4, -0.2) is 25.6 Å². The van der Waals surface area contributed by atoms with Gasteiger partial charge in [0.1, 0.15) is 0 Å². The maximum absolute atomic E-state index is 4.67. The highest BCUT2D eigenvalue weighted by molar-refractivity contribution is 7.13. The minimum absolute atomic E-state index is 0.349. The lowest BCUT2D eigenvalue weighted by Crippen LogP contribution is -2.29. The molecule has 0 radical (unpaired) electrons. The molecule has 1 unspecified atom stereocenters. The van der Waals surface area contributed by atoms with Gasteiger partial charge < -0.3 is 10.2 Å². The quantitative estimate of drug-likeness (QED) is 0.856. The second-order valence-corrected chi connectivity index (χ2v) is 5.58. The SMILES string of the molecule is CNC(C)c1csc(N(C)CC2CCC2)n1. The molecule has 1 fully saturated rings. The maximum atomic E-state index is 4.67. The maximum Gasteiger partial charge on any atom is 0.185 e. The molecule has 1 N–H and O–H groups in total. The molecule has 0 amide bonds. The Morgan fingerprint density at radius 2 is 2.38 bits per heavy atom. The topological polar surface area (TPSA) is 28.2 Å². The summed E-state index contributed by atoms with van der Waals surface area (Å²) in [6, 6.07) is 0.349. The Bertz CT molecular complexity index is 333. The highest BCUT2D eigenvalue weighted by atomic mass is 32.1.